The number of carbonyl (C=O) groups is 1. The maximum atomic E-state index is 14.9. The van der Waals surface area contributed by atoms with E-state index in [0.717, 1.165) is 20.8 Å². The molecule has 2 amide bonds. The predicted molar refractivity (Wildman–Crippen MR) is 148 cm³/mol. The quantitative estimate of drug-likeness (QED) is 0.240. The van der Waals surface area contributed by atoms with Gasteiger partial charge >= 0.3 is 6.03 Å². The minimum Gasteiger partial charge on any atom is -0.453 e. The number of aromatic nitrogens is 2. The fourth-order valence-corrected chi connectivity index (χ4v) is 5.93. The van der Waals surface area contributed by atoms with Crippen LogP contribution in [0.1, 0.15) is 12.0 Å². The van der Waals surface area contributed by atoms with Gasteiger partial charge in [-0.1, -0.05) is 6.07 Å². The summed E-state index contributed by atoms with van der Waals surface area (Å²) in [6.45, 7) is 0.891. The summed E-state index contributed by atoms with van der Waals surface area (Å²) < 4.78 is 44.0. The third kappa shape index (κ3) is 6.02. The van der Waals surface area contributed by atoms with Crippen LogP contribution in [0.2, 0.25) is 0 Å². The molecule has 1 aromatic carbocycles. The third-order valence-corrected chi connectivity index (χ3v) is 8.92. The number of thiophene rings is 1. The lowest BCUT2D eigenvalue weighted by molar-refractivity contribution is 0.250. The Kier molecular flexibility index (Phi) is 6.69. The molecule has 2 atom stereocenters. The third-order valence-electron chi connectivity index (χ3n) is 6.81. The number of anilines is 1. The molecule has 3 N–H and O–H groups in total. The fraction of sp³-hybridized carbons (Fsp3) is 0.296. The highest BCUT2D eigenvalue weighted by atomic mass is 32.2. The van der Waals surface area contributed by atoms with Crippen molar-refractivity contribution >= 4 is 43.1 Å². The van der Waals surface area contributed by atoms with Crippen molar-refractivity contribution in [2.75, 3.05) is 23.9 Å². The zero-order valence-electron chi connectivity index (χ0n) is 21.0. The monoisotopic (exact) mass is 567 g/mol. The van der Waals surface area contributed by atoms with E-state index < -0.39 is 15.7 Å². The minimum atomic E-state index is -3.00. The zero-order valence-corrected chi connectivity index (χ0v) is 22.6. The first-order valence-corrected chi connectivity index (χ1v) is 15.4. The highest BCUT2D eigenvalue weighted by Crippen LogP contribution is 2.62. The van der Waals surface area contributed by atoms with Gasteiger partial charge in [-0.25, -0.2) is 17.6 Å². The van der Waals surface area contributed by atoms with Gasteiger partial charge in [-0.05, 0) is 48.1 Å². The predicted octanol–water partition coefficient (Wildman–Crippen LogP) is 4.56. The Balaban J connectivity index is 1.12. The minimum absolute atomic E-state index is 0.0395. The lowest BCUT2D eigenvalue weighted by atomic mass is 10.2. The van der Waals surface area contributed by atoms with E-state index in [-0.39, 0.29) is 23.6 Å². The van der Waals surface area contributed by atoms with E-state index >= 15 is 0 Å². The van der Waals surface area contributed by atoms with E-state index in [1.165, 1.54) is 36.1 Å². The lowest BCUT2D eigenvalue weighted by Crippen LogP contribution is -2.33. The Morgan fingerprint density at radius 3 is 2.67 bits per heavy atom. The van der Waals surface area contributed by atoms with Crippen molar-refractivity contribution in [3.05, 3.63) is 66.2 Å². The van der Waals surface area contributed by atoms with E-state index in [0.29, 0.717) is 41.9 Å². The number of pyridine rings is 2. The van der Waals surface area contributed by atoms with Crippen molar-refractivity contribution < 1.29 is 22.3 Å². The van der Waals surface area contributed by atoms with E-state index in [9.17, 15) is 17.6 Å². The van der Waals surface area contributed by atoms with Crippen molar-refractivity contribution in [2.45, 2.75) is 19.0 Å². The van der Waals surface area contributed by atoms with Crippen molar-refractivity contribution in [3.8, 4) is 22.1 Å². The first-order chi connectivity index (χ1) is 18.7. The number of nitrogens with zero attached hydrogens (tertiary/aromatic N) is 2. The first-order valence-electron chi connectivity index (χ1n) is 12.5. The molecule has 0 saturated heterocycles. The summed E-state index contributed by atoms with van der Waals surface area (Å²) in [6, 6.07) is 11.7. The Labute approximate surface area is 228 Å². The molecule has 2 saturated carbocycles. The average molecular weight is 568 g/mol. The molecule has 0 aliphatic heterocycles. The number of carbonyl (C=O) groups excluding carboxylic acids is 1. The summed E-state index contributed by atoms with van der Waals surface area (Å²) in [4.78, 5) is 21.9. The summed E-state index contributed by atoms with van der Waals surface area (Å²) in [6.07, 6.45) is 5.76. The molecule has 2 aliphatic rings. The molecule has 3 heterocycles. The van der Waals surface area contributed by atoms with Gasteiger partial charge in [0, 0.05) is 55.6 Å². The largest absolute Gasteiger partial charge is 0.453 e. The first kappa shape index (κ1) is 25.7. The molecule has 2 fully saturated rings. The second-order valence-electron chi connectivity index (χ2n) is 9.93. The van der Waals surface area contributed by atoms with E-state index in [1.54, 1.807) is 24.5 Å². The second-order valence-corrected chi connectivity index (χ2v) is 13.2. The number of urea groups is 1. The lowest BCUT2D eigenvalue weighted by Gasteiger charge is -2.11. The van der Waals surface area contributed by atoms with Crippen LogP contribution in [-0.4, -0.2) is 49.0 Å². The van der Waals surface area contributed by atoms with Gasteiger partial charge in [0.25, 0.3) is 0 Å². The summed E-state index contributed by atoms with van der Waals surface area (Å²) >= 11 is 1.44. The maximum absolute atomic E-state index is 14.9. The van der Waals surface area contributed by atoms with Gasteiger partial charge in [0.05, 0.1) is 26.5 Å². The molecule has 6 rings (SSSR count). The van der Waals surface area contributed by atoms with Gasteiger partial charge in [0.1, 0.15) is 15.6 Å². The average Bonchev–Trinajstić information content (AvgIpc) is 3.77. The van der Waals surface area contributed by atoms with Crippen LogP contribution >= 0.6 is 11.3 Å². The molecule has 4 aromatic rings. The number of rotatable bonds is 10. The van der Waals surface area contributed by atoms with Gasteiger partial charge in [-0.15, -0.1) is 11.3 Å². The Morgan fingerprint density at radius 2 is 1.97 bits per heavy atom. The van der Waals surface area contributed by atoms with Crippen LogP contribution in [0.3, 0.4) is 0 Å². The Hall–Kier alpha value is -3.61. The molecule has 0 radical (unpaired) electrons. The standard InChI is InChI=1S/C27H26FN5O4S2/c1-39(35,36)9-8-29-13-15-2-4-20(31-14-15)24-12-21-26(38-24)23(6-7-30-21)37-22-5-3-16(10-19(22)28)32-27(34)33-25-17-11-18(17)25/h2-7,10,12,14,17-18,25,29H,8-9,11,13H2,1H3,(H2,32,33,34). The second kappa shape index (κ2) is 10.2. The normalized spacial score (nSPS) is 19.4. The molecule has 0 spiro atoms. The molecule has 2 aliphatic carbocycles. The SMILES string of the molecule is CS(=O)(=O)CCNCc1ccc(-c2cc3nccc(Oc4ccc(NC(=O)NC5C6CC65)cc4F)c3s2)nc1. The number of benzene rings is 1. The Morgan fingerprint density at radius 1 is 1.13 bits per heavy atom. The van der Waals surface area contributed by atoms with Gasteiger partial charge < -0.3 is 20.7 Å². The topological polar surface area (TPSA) is 122 Å². The highest BCUT2D eigenvalue weighted by molar-refractivity contribution is 7.90. The van der Waals surface area contributed by atoms with Gasteiger partial charge in [0.2, 0.25) is 0 Å². The zero-order chi connectivity index (χ0) is 27.1. The molecule has 9 nitrogen and oxygen atoms in total. The number of amides is 2. The fourth-order valence-electron chi connectivity index (χ4n) is 4.38. The number of fused-ring (bicyclic) bond motifs is 2. The van der Waals surface area contributed by atoms with Crippen LogP contribution in [-0.2, 0) is 16.4 Å². The van der Waals surface area contributed by atoms with E-state index in [4.69, 9.17) is 4.74 Å². The number of sulfone groups is 1. The number of halogens is 1. The molecule has 39 heavy (non-hydrogen) atoms. The number of hydrogen-bond donors (Lipinski definition) is 3. The van der Waals surface area contributed by atoms with Gasteiger partial charge in [-0.2, -0.15) is 0 Å². The smallest absolute Gasteiger partial charge is 0.319 e. The molecule has 12 heteroatoms. The summed E-state index contributed by atoms with van der Waals surface area (Å²) in [5, 5.41) is 8.67. The molecular formula is C27H26FN5O4S2. The van der Waals surface area contributed by atoms with Crippen LogP contribution in [0.5, 0.6) is 11.5 Å². The summed E-state index contributed by atoms with van der Waals surface area (Å²) in [7, 11) is -3.00. The van der Waals surface area contributed by atoms with Crippen molar-refractivity contribution in [1.29, 1.82) is 0 Å². The van der Waals surface area contributed by atoms with E-state index in [1.807, 2.05) is 18.2 Å². The maximum Gasteiger partial charge on any atom is 0.319 e. The van der Waals surface area contributed by atoms with Gasteiger partial charge in [-0.3, -0.25) is 9.97 Å². The van der Waals surface area contributed by atoms with Crippen molar-refractivity contribution in [3.63, 3.8) is 0 Å². The van der Waals surface area contributed by atoms with Crippen molar-refractivity contribution in [1.82, 2.24) is 20.6 Å². The van der Waals surface area contributed by atoms with Gasteiger partial charge in [0.15, 0.2) is 11.6 Å². The summed E-state index contributed by atoms with van der Waals surface area (Å²) in [5.74, 6) is 1.27. The highest BCUT2D eigenvalue weighted by Gasteiger charge is 2.64. The Bertz CT molecular complexity index is 1650. The van der Waals surface area contributed by atoms with Crippen LogP contribution < -0.4 is 20.7 Å². The van der Waals surface area contributed by atoms with Crippen LogP contribution in [0.25, 0.3) is 20.8 Å². The number of nitrogens with one attached hydrogen (secondary N) is 3. The van der Waals surface area contributed by atoms with Crippen molar-refractivity contribution in [2.24, 2.45) is 11.8 Å². The molecular weight excluding hydrogens is 541 g/mol. The molecule has 2 unspecified atom stereocenters. The molecule has 3 aromatic heterocycles. The number of hydrogen-bond acceptors (Lipinski definition) is 8. The van der Waals surface area contributed by atoms with Crippen LogP contribution in [0, 0.1) is 17.7 Å². The molecule has 0 bridgehead atoms. The number of ether oxygens (including phenoxy) is 1. The van der Waals surface area contributed by atoms with Crippen LogP contribution in [0.4, 0.5) is 14.9 Å². The van der Waals surface area contributed by atoms with Crippen LogP contribution in [0.15, 0.2) is 54.9 Å². The summed E-state index contributed by atoms with van der Waals surface area (Å²) in [5.41, 5.74) is 2.75. The molecule has 202 valence electrons. The van der Waals surface area contributed by atoms with E-state index in [2.05, 4.69) is 25.9 Å².